The summed E-state index contributed by atoms with van der Waals surface area (Å²) in [5.41, 5.74) is 1.24. The van der Waals surface area contributed by atoms with Crippen molar-refractivity contribution in [1.29, 1.82) is 0 Å². The molecule has 2 heteroatoms. The van der Waals surface area contributed by atoms with Crippen LogP contribution in [-0.4, -0.2) is 25.4 Å². The third-order valence-electron chi connectivity index (χ3n) is 2.16. The lowest BCUT2D eigenvalue weighted by molar-refractivity contribution is 0.423. The second-order valence-corrected chi connectivity index (χ2v) is 3.79. The second kappa shape index (κ2) is 5.10. The van der Waals surface area contributed by atoms with Crippen LogP contribution in [0, 0.1) is 0 Å². The van der Waals surface area contributed by atoms with Gasteiger partial charge in [0.25, 0.3) is 0 Å². The van der Waals surface area contributed by atoms with Gasteiger partial charge in [-0.05, 0) is 12.5 Å². The van der Waals surface area contributed by atoms with Gasteiger partial charge in [-0.25, -0.2) is 0 Å². The number of rotatable bonds is 2. The second-order valence-electron chi connectivity index (χ2n) is 3.79. The molecule has 0 amide bonds. The summed E-state index contributed by atoms with van der Waals surface area (Å²) in [6, 6.07) is 10.3. The smallest absolute Gasteiger partial charge is 0.0994 e. The van der Waals surface area contributed by atoms with Gasteiger partial charge in [-0.15, -0.1) is 0 Å². The topological polar surface area (TPSA) is 25.1 Å². The van der Waals surface area contributed by atoms with Gasteiger partial charge >= 0.3 is 0 Å². The predicted octanol–water partition coefficient (Wildman–Crippen LogP) is 2.50. The lowest BCUT2D eigenvalue weighted by Gasteiger charge is -1.88. The zero-order chi connectivity index (χ0) is 10.5. The Labute approximate surface area is 90.5 Å². The molecule has 2 nitrogen and oxygen atoms in total. The molecule has 2 fully saturated rings. The Balaban J connectivity index is 0.000000179. The first-order valence-corrected chi connectivity index (χ1v) is 5.31. The highest BCUT2D eigenvalue weighted by molar-refractivity contribution is 5.49. The SMILES string of the molecule is C(=CC1CO1)c1ccccc1.CC1CO1. The van der Waals surface area contributed by atoms with Crippen molar-refractivity contribution in [3.05, 3.63) is 42.0 Å². The zero-order valence-electron chi connectivity index (χ0n) is 8.93. The molecule has 1 aromatic carbocycles. The van der Waals surface area contributed by atoms with Crippen molar-refractivity contribution in [2.45, 2.75) is 19.1 Å². The van der Waals surface area contributed by atoms with Crippen LogP contribution in [0.3, 0.4) is 0 Å². The first-order chi connectivity index (χ1) is 7.34. The van der Waals surface area contributed by atoms with Gasteiger partial charge in [-0.3, -0.25) is 0 Å². The maximum atomic E-state index is 5.04. The van der Waals surface area contributed by atoms with Gasteiger partial charge in [0.1, 0.15) is 0 Å². The monoisotopic (exact) mass is 204 g/mol. The molecule has 2 aliphatic heterocycles. The van der Waals surface area contributed by atoms with Crippen molar-refractivity contribution < 1.29 is 9.47 Å². The van der Waals surface area contributed by atoms with Crippen molar-refractivity contribution in [3.63, 3.8) is 0 Å². The molecule has 2 aliphatic rings. The summed E-state index contributed by atoms with van der Waals surface area (Å²) >= 11 is 0. The Morgan fingerprint density at radius 2 is 1.73 bits per heavy atom. The number of benzene rings is 1. The van der Waals surface area contributed by atoms with E-state index in [9.17, 15) is 0 Å². The predicted molar refractivity (Wildman–Crippen MR) is 60.6 cm³/mol. The average molecular weight is 204 g/mol. The van der Waals surface area contributed by atoms with E-state index >= 15 is 0 Å². The van der Waals surface area contributed by atoms with Crippen LogP contribution < -0.4 is 0 Å². The van der Waals surface area contributed by atoms with Gasteiger partial charge < -0.3 is 9.47 Å². The molecule has 80 valence electrons. The quantitative estimate of drug-likeness (QED) is 0.691. The number of ether oxygens (including phenoxy) is 2. The van der Waals surface area contributed by atoms with Gasteiger partial charge in [-0.2, -0.15) is 0 Å². The molecule has 15 heavy (non-hydrogen) atoms. The van der Waals surface area contributed by atoms with E-state index in [1.807, 2.05) is 18.2 Å². The molecule has 3 rings (SSSR count). The first-order valence-electron chi connectivity index (χ1n) is 5.31. The number of hydrogen-bond donors (Lipinski definition) is 0. The minimum atomic E-state index is 0.384. The van der Waals surface area contributed by atoms with E-state index in [-0.39, 0.29) is 0 Å². The molecule has 0 spiro atoms. The maximum absolute atomic E-state index is 5.04. The van der Waals surface area contributed by atoms with Gasteiger partial charge in [0.15, 0.2) is 0 Å². The van der Waals surface area contributed by atoms with Gasteiger partial charge in [0.2, 0.25) is 0 Å². The third-order valence-corrected chi connectivity index (χ3v) is 2.16. The van der Waals surface area contributed by atoms with Gasteiger partial charge in [0, 0.05) is 0 Å². The summed E-state index contributed by atoms with van der Waals surface area (Å²) in [6.07, 6.45) is 5.16. The Morgan fingerprint density at radius 3 is 2.20 bits per heavy atom. The van der Waals surface area contributed by atoms with Crippen LogP contribution in [0.1, 0.15) is 12.5 Å². The fourth-order valence-corrected chi connectivity index (χ4v) is 1.05. The molecule has 1 aromatic rings. The first kappa shape index (κ1) is 10.4. The molecule has 2 heterocycles. The highest BCUT2D eigenvalue weighted by Gasteiger charge is 2.17. The van der Waals surface area contributed by atoms with Crippen LogP contribution in [0.5, 0.6) is 0 Å². The van der Waals surface area contributed by atoms with E-state index in [0.717, 1.165) is 13.2 Å². The zero-order valence-corrected chi connectivity index (χ0v) is 8.93. The lowest BCUT2D eigenvalue weighted by atomic mass is 10.2. The summed E-state index contributed by atoms with van der Waals surface area (Å²) in [5, 5.41) is 0. The van der Waals surface area contributed by atoms with Crippen molar-refractivity contribution in [1.82, 2.24) is 0 Å². The van der Waals surface area contributed by atoms with Crippen LogP contribution in [0.25, 0.3) is 6.08 Å². The van der Waals surface area contributed by atoms with E-state index in [1.54, 1.807) is 0 Å². The average Bonchev–Trinajstić information content (AvgIpc) is 3.14. The Kier molecular flexibility index (Phi) is 3.54. The van der Waals surface area contributed by atoms with Crippen LogP contribution in [-0.2, 0) is 9.47 Å². The summed E-state index contributed by atoms with van der Waals surface area (Å²) < 4.78 is 9.75. The van der Waals surface area contributed by atoms with E-state index in [1.165, 1.54) is 5.56 Å². The van der Waals surface area contributed by atoms with Crippen LogP contribution in [0.15, 0.2) is 36.4 Å². The molecule has 0 aromatic heterocycles. The fourth-order valence-electron chi connectivity index (χ4n) is 1.05. The van der Waals surface area contributed by atoms with Crippen molar-refractivity contribution in [2.75, 3.05) is 13.2 Å². The largest absolute Gasteiger partial charge is 0.373 e. The Hall–Kier alpha value is -1.12. The molecular formula is C13H16O2. The van der Waals surface area contributed by atoms with Crippen LogP contribution in [0.4, 0.5) is 0 Å². The van der Waals surface area contributed by atoms with Crippen molar-refractivity contribution >= 4 is 6.08 Å². The molecule has 0 saturated carbocycles. The molecular weight excluding hydrogens is 188 g/mol. The highest BCUT2D eigenvalue weighted by Crippen LogP contribution is 2.12. The minimum Gasteiger partial charge on any atom is -0.373 e. The molecule has 2 atom stereocenters. The molecule has 2 unspecified atom stereocenters. The third kappa shape index (κ3) is 4.77. The fraction of sp³-hybridized carbons (Fsp3) is 0.385. The summed E-state index contributed by atoms with van der Waals surface area (Å²) in [5.74, 6) is 0. The van der Waals surface area contributed by atoms with Crippen LogP contribution >= 0.6 is 0 Å². The molecule has 0 N–H and O–H groups in total. The minimum absolute atomic E-state index is 0.384. The van der Waals surface area contributed by atoms with E-state index in [4.69, 9.17) is 9.47 Å². The Morgan fingerprint density at radius 1 is 1.13 bits per heavy atom. The van der Waals surface area contributed by atoms with Crippen molar-refractivity contribution in [3.8, 4) is 0 Å². The Bertz CT molecular complexity index is 311. The lowest BCUT2D eigenvalue weighted by Crippen LogP contribution is -1.74. The maximum Gasteiger partial charge on any atom is 0.0994 e. The molecule has 0 radical (unpaired) electrons. The molecule has 2 saturated heterocycles. The highest BCUT2D eigenvalue weighted by atomic mass is 16.6. The summed E-state index contributed by atoms with van der Waals surface area (Å²) in [4.78, 5) is 0. The molecule has 0 aliphatic carbocycles. The van der Waals surface area contributed by atoms with Crippen molar-refractivity contribution in [2.24, 2.45) is 0 Å². The van der Waals surface area contributed by atoms with Gasteiger partial charge in [-0.1, -0.05) is 42.5 Å². The summed E-state index contributed by atoms with van der Waals surface area (Å²) in [6.45, 7) is 3.93. The van der Waals surface area contributed by atoms with Gasteiger partial charge in [0.05, 0.1) is 25.4 Å². The number of epoxide rings is 2. The normalized spacial score (nSPS) is 27.0. The van der Waals surface area contributed by atoms with E-state index in [0.29, 0.717) is 12.2 Å². The van der Waals surface area contributed by atoms with E-state index < -0.39 is 0 Å². The number of hydrogen-bond acceptors (Lipinski definition) is 2. The molecule has 0 bridgehead atoms. The summed E-state index contributed by atoms with van der Waals surface area (Å²) in [7, 11) is 0. The van der Waals surface area contributed by atoms with Crippen LogP contribution in [0.2, 0.25) is 0 Å². The van der Waals surface area contributed by atoms with E-state index in [2.05, 4.69) is 31.2 Å². The standard InChI is InChI=1S/C10H10O.C3H6O/c1-2-4-9(5-3-1)6-7-10-8-11-10;1-3-2-4-3/h1-7,10H,8H2;3H,2H2,1H3.